The number of fused-ring (bicyclic) bond motifs is 3. The number of amides is 4. The van der Waals surface area contributed by atoms with Gasteiger partial charge in [0.05, 0.1) is 30.6 Å². The summed E-state index contributed by atoms with van der Waals surface area (Å²) in [6.07, 6.45) is 7.05. The van der Waals surface area contributed by atoms with Crippen LogP contribution in [-0.2, 0) is 24.4 Å². The van der Waals surface area contributed by atoms with Crippen molar-refractivity contribution in [2.24, 2.45) is 11.3 Å². The van der Waals surface area contributed by atoms with E-state index in [0.717, 1.165) is 18.4 Å². The Morgan fingerprint density at radius 1 is 1.07 bits per heavy atom. The number of nitrogens with zero attached hydrogens (tertiary/aromatic N) is 3. The van der Waals surface area contributed by atoms with Gasteiger partial charge in [-0.1, -0.05) is 76.1 Å². The van der Waals surface area contributed by atoms with Gasteiger partial charge in [0.1, 0.15) is 35.2 Å². The minimum absolute atomic E-state index is 0.0157. The molecule has 3 aliphatic heterocycles. The summed E-state index contributed by atoms with van der Waals surface area (Å²) in [7, 11) is -1.86. The molecule has 2 aromatic carbocycles. The van der Waals surface area contributed by atoms with Gasteiger partial charge in [0.2, 0.25) is 21.8 Å². The number of rotatable bonds is 9. The molecule has 1 aliphatic carbocycles. The summed E-state index contributed by atoms with van der Waals surface area (Å²) >= 11 is 0. The predicted octanol–water partition coefficient (Wildman–Crippen LogP) is 4.86. The number of methoxy groups -OCH3 is 1. The number of nitrogens with one attached hydrogen (secondary N) is 3. The maximum absolute atomic E-state index is 14.8. The van der Waals surface area contributed by atoms with Crippen LogP contribution in [0.3, 0.4) is 0 Å². The molecule has 2 saturated heterocycles. The second-order valence-electron chi connectivity index (χ2n) is 17.5. The van der Waals surface area contributed by atoms with Gasteiger partial charge < -0.3 is 35.4 Å². The van der Waals surface area contributed by atoms with Crippen LogP contribution in [0.2, 0.25) is 0 Å². The molecule has 4 aliphatic rings. The molecule has 0 bridgehead atoms. The first-order valence-electron chi connectivity index (χ1n) is 20.9. The van der Waals surface area contributed by atoms with Crippen LogP contribution in [-0.4, -0.2) is 114 Å². The average molecular weight is 845 g/mol. The zero-order valence-corrected chi connectivity index (χ0v) is 35.5. The van der Waals surface area contributed by atoms with E-state index in [1.807, 2.05) is 81.5 Å². The monoisotopic (exact) mass is 844 g/mol. The molecule has 7 rings (SSSR count). The van der Waals surface area contributed by atoms with Gasteiger partial charge in [-0.2, -0.15) is 4.31 Å². The number of carbonyl (C=O) groups excluding carboxylic acids is 3. The van der Waals surface area contributed by atoms with E-state index in [4.69, 9.17) is 14.5 Å². The molecule has 15 nitrogen and oxygen atoms in total. The lowest BCUT2D eigenvalue weighted by molar-refractivity contribution is -0.145. The van der Waals surface area contributed by atoms with Crippen molar-refractivity contribution in [2.45, 2.75) is 102 Å². The Kier molecular flexibility index (Phi) is 12.4. The fourth-order valence-corrected chi connectivity index (χ4v) is 10.0. The number of urea groups is 1. The summed E-state index contributed by atoms with van der Waals surface area (Å²) in [5, 5.41) is 19.7. The van der Waals surface area contributed by atoms with E-state index in [-0.39, 0.29) is 44.0 Å². The van der Waals surface area contributed by atoms with Crippen LogP contribution in [0.4, 0.5) is 4.79 Å². The van der Waals surface area contributed by atoms with Crippen LogP contribution >= 0.6 is 0 Å². The van der Waals surface area contributed by atoms with Crippen molar-refractivity contribution in [2.75, 3.05) is 32.5 Å². The summed E-state index contributed by atoms with van der Waals surface area (Å²) in [6, 6.07) is 13.5. The molecular formula is C44H56N6O9S. The van der Waals surface area contributed by atoms with Gasteiger partial charge in [-0.25, -0.2) is 23.0 Å². The third kappa shape index (κ3) is 9.39. The zero-order chi connectivity index (χ0) is 42.8. The maximum atomic E-state index is 14.8. The predicted molar refractivity (Wildman–Crippen MR) is 226 cm³/mol. The number of benzene rings is 2. The van der Waals surface area contributed by atoms with E-state index >= 15 is 0 Å². The van der Waals surface area contributed by atoms with Crippen molar-refractivity contribution in [3.8, 4) is 22.8 Å². The van der Waals surface area contributed by atoms with Gasteiger partial charge >= 0.3 is 12.0 Å². The first kappa shape index (κ1) is 42.9. The minimum Gasteiger partial charge on any atom is -0.497 e. The molecule has 0 spiro atoms. The van der Waals surface area contributed by atoms with Crippen LogP contribution in [0, 0.1) is 11.3 Å². The molecule has 3 aromatic rings. The number of carbonyl (C=O) groups is 4. The molecule has 6 atom stereocenters. The number of aromatic nitrogens is 1. The number of hydrogen-bond acceptors (Lipinski definition) is 9. The van der Waals surface area contributed by atoms with Crippen molar-refractivity contribution in [3.05, 3.63) is 66.7 Å². The summed E-state index contributed by atoms with van der Waals surface area (Å²) in [4.78, 5) is 62.0. The van der Waals surface area contributed by atoms with E-state index in [9.17, 15) is 32.7 Å². The summed E-state index contributed by atoms with van der Waals surface area (Å²) in [5.41, 5.74) is 0.107. The van der Waals surface area contributed by atoms with Gasteiger partial charge in [-0.05, 0) is 49.7 Å². The third-order valence-electron chi connectivity index (χ3n) is 12.2. The molecule has 4 heterocycles. The number of pyridine rings is 1. The molecule has 60 heavy (non-hydrogen) atoms. The second kappa shape index (κ2) is 17.4. The molecule has 16 heteroatoms. The summed E-state index contributed by atoms with van der Waals surface area (Å²) in [6.45, 7) is 6.19. The lowest BCUT2D eigenvalue weighted by Gasteiger charge is -2.35. The fraction of sp³-hybridized carbons (Fsp3) is 0.523. The van der Waals surface area contributed by atoms with Gasteiger partial charge in [0.25, 0.3) is 0 Å². The molecule has 4 amide bonds. The first-order valence-corrected chi connectivity index (χ1v) is 22.5. The van der Waals surface area contributed by atoms with E-state index in [0.29, 0.717) is 53.9 Å². The average Bonchev–Trinajstić information content (AvgIpc) is 3.56. The molecule has 1 unspecified atom stereocenters. The Morgan fingerprint density at radius 3 is 2.55 bits per heavy atom. The van der Waals surface area contributed by atoms with E-state index in [1.54, 1.807) is 13.2 Å². The highest BCUT2D eigenvalue weighted by molar-refractivity contribution is 7.89. The first-order chi connectivity index (χ1) is 28.6. The Hall–Kier alpha value is -5.22. The summed E-state index contributed by atoms with van der Waals surface area (Å²) in [5.74, 6) is -1.48. The van der Waals surface area contributed by atoms with E-state index in [1.165, 1.54) is 9.21 Å². The topological polar surface area (TPSA) is 197 Å². The number of carboxylic acid groups (broad SMARTS) is 1. The largest absolute Gasteiger partial charge is 0.497 e. The Balaban J connectivity index is 1.19. The highest BCUT2D eigenvalue weighted by atomic mass is 32.2. The molecule has 1 saturated carbocycles. The lowest BCUT2D eigenvalue weighted by Crippen LogP contribution is -2.59. The van der Waals surface area contributed by atoms with Crippen molar-refractivity contribution < 1.29 is 42.2 Å². The van der Waals surface area contributed by atoms with Crippen molar-refractivity contribution in [1.82, 2.24) is 30.1 Å². The van der Waals surface area contributed by atoms with Crippen LogP contribution in [0.1, 0.15) is 72.1 Å². The van der Waals surface area contributed by atoms with Gasteiger partial charge in [-0.15, -0.1) is 0 Å². The Bertz CT molecular complexity index is 2250. The van der Waals surface area contributed by atoms with Crippen molar-refractivity contribution in [3.63, 3.8) is 0 Å². The van der Waals surface area contributed by atoms with Crippen molar-refractivity contribution >= 4 is 44.7 Å². The molecule has 4 N–H and O–H groups in total. The van der Waals surface area contributed by atoms with Crippen LogP contribution in [0.5, 0.6) is 11.5 Å². The number of ether oxygens (including phenoxy) is 2. The molecule has 0 radical (unpaired) electrons. The number of allylic oxidation sites excluding steroid dienone is 1. The zero-order valence-electron chi connectivity index (χ0n) is 34.7. The molecule has 322 valence electrons. The maximum Gasteiger partial charge on any atom is 0.330 e. The quantitative estimate of drug-likeness (QED) is 0.216. The summed E-state index contributed by atoms with van der Waals surface area (Å²) < 4.78 is 39.0. The molecule has 1 aromatic heterocycles. The molecular weight excluding hydrogens is 789 g/mol. The van der Waals surface area contributed by atoms with Crippen LogP contribution < -0.4 is 25.4 Å². The van der Waals surface area contributed by atoms with Gasteiger partial charge in [0, 0.05) is 54.6 Å². The smallest absolute Gasteiger partial charge is 0.330 e. The standard InChI is InChI=1S/C44H56N6O9S/c1-43(2,3)38(27-49-20-13-21-60(49,56)57)47-42(55)46-33-17-12-7-5-6-11-16-29-25-44(29,41(53)54)48-39(51)36-23-31(26-50(36)40(33)52)59-37-24-34(28-14-9-8-10-15-28)45-35-22-30(58-4)18-19-32(35)37/h8-11,14-16,18-19,22,24,29,31,33,36,38H,5-7,12-13,17,20-21,23,25-27H2,1-4H3,(H,48,51)(H,53,54)(H2,46,47,55)/t29?,31-,33+,36+,38-,44-/m1/s1. The van der Waals surface area contributed by atoms with Crippen LogP contribution in [0.15, 0.2) is 66.7 Å². The Morgan fingerprint density at radius 2 is 1.85 bits per heavy atom. The van der Waals surface area contributed by atoms with E-state index < -0.39 is 69.0 Å². The van der Waals surface area contributed by atoms with Gasteiger partial charge in [-0.3, -0.25) is 9.59 Å². The second-order valence-corrected chi connectivity index (χ2v) is 19.6. The number of hydrogen-bond donors (Lipinski definition) is 4. The fourth-order valence-electron chi connectivity index (χ4n) is 8.48. The third-order valence-corrected chi connectivity index (χ3v) is 14.1. The lowest BCUT2D eigenvalue weighted by atomic mass is 9.86. The number of carboxylic acids is 1. The Labute approximate surface area is 351 Å². The highest BCUT2D eigenvalue weighted by Gasteiger charge is 2.61. The van der Waals surface area contributed by atoms with Crippen LogP contribution in [0.25, 0.3) is 22.2 Å². The number of aliphatic carboxylic acids is 1. The highest BCUT2D eigenvalue weighted by Crippen LogP contribution is 2.45. The number of sulfonamides is 1. The normalized spacial score (nSPS) is 26.5. The molecule has 3 fully saturated rings. The van der Waals surface area contributed by atoms with Gasteiger partial charge in [0.15, 0.2) is 0 Å². The minimum atomic E-state index is -3.43. The van der Waals surface area contributed by atoms with E-state index in [2.05, 4.69) is 16.0 Å². The van der Waals surface area contributed by atoms with Crippen molar-refractivity contribution in [1.29, 1.82) is 0 Å². The SMILES string of the molecule is COc1ccc2c(O[C@@H]3C[C@H]4C(=O)N[C@]5(C(=O)O)CC5C=CCCCCC[C@H](NC(=O)N[C@H](CN5CCCS5(=O)=O)C(C)(C)C)C(=O)N4C3)cc(-c3ccccc3)nc2c1.